The molecule has 1 atom stereocenters. The Bertz CT molecular complexity index is 755. The summed E-state index contributed by atoms with van der Waals surface area (Å²) < 4.78 is 25.1. The van der Waals surface area contributed by atoms with E-state index in [0.29, 0.717) is 6.42 Å². The van der Waals surface area contributed by atoms with Crippen molar-refractivity contribution in [3.63, 3.8) is 0 Å². The summed E-state index contributed by atoms with van der Waals surface area (Å²) in [5, 5.41) is 6.90. The molecular weight excluding hydrogens is 314 g/mol. The Morgan fingerprint density at radius 2 is 2.13 bits per heavy atom. The number of amides is 1. The summed E-state index contributed by atoms with van der Waals surface area (Å²) in [4.78, 5) is 11.9. The maximum Gasteiger partial charge on any atom is 0.235 e. The molecule has 0 radical (unpaired) electrons. The number of carbonyl (C=O) groups excluding carboxylic acids is 1. The highest BCUT2D eigenvalue weighted by atomic mass is 32.2. The molecule has 1 aromatic heterocycles. The molecular formula is C16H21N3O3S. The average Bonchev–Trinajstić information content (AvgIpc) is 3.00. The number of benzene rings is 1. The van der Waals surface area contributed by atoms with Crippen LogP contribution in [0, 0.1) is 0 Å². The predicted octanol–water partition coefficient (Wildman–Crippen LogP) is 1.87. The van der Waals surface area contributed by atoms with Gasteiger partial charge in [-0.3, -0.25) is 4.79 Å². The fourth-order valence-corrected chi connectivity index (χ4v) is 3.56. The molecule has 0 aliphatic carbocycles. The minimum absolute atomic E-state index is 0.0313. The summed E-state index contributed by atoms with van der Waals surface area (Å²) in [5.74, 6) is -0.913. The number of rotatable bonds is 7. The van der Waals surface area contributed by atoms with Gasteiger partial charge in [-0.2, -0.15) is 5.10 Å². The lowest BCUT2D eigenvalue weighted by Crippen LogP contribution is -2.33. The van der Waals surface area contributed by atoms with Crippen LogP contribution in [0.1, 0.15) is 31.9 Å². The Labute approximate surface area is 136 Å². The van der Waals surface area contributed by atoms with E-state index in [-0.39, 0.29) is 11.8 Å². The molecule has 23 heavy (non-hydrogen) atoms. The predicted molar refractivity (Wildman–Crippen MR) is 89.1 cm³/mol. The number of hydrogen-bond acceptors (Lipinski definition) is 4. The van der Waals surface area contributed by atoms with Gasteiger partial charge in [-0.15, -0.1) is 0 Å². The molecule has 2 aromatic rings. The van der Waals surface area contributed by atoms with Gasteiger partial charge in [0, 0.05) is 12.4 Å². The van der Waals surface area contributed by atoms with Crippen LogP contribution < -0.4 is 5.32 Å². The zero-order chi connectivity index (χ0) is 16.9. The van der Waals surface area contributed by atoms with Crippen molar-refractivity contribution in [2.75, 3.05) is 11.5 Å². The first-order valence-electron chi connectivity index (χ1n) is 7.51. The summed E-state index contributed by atoms with van der Waals surface area (Å²) in [6, 6.07) is 9.14. The largest absolute Gasteiger partial charge is 0.349 e. The summed E-state index contributed by atoms with van der Waals surface area (Å²) in [7, 11) is -3.33. The topological polar surface area (TPSA) is 81.1 Å². The Kier molecular flexibility index (Phi) is 5.54. The van der Waals surface area contributed by atoms with Crippen LogP contribution in [0.15, 0.2) is 42.7 Å². The molecule has 7 heteroatoms. The molecule has 0 saturated heterocycles. The Balaban J connectivity index is 2.05. The molecule has 1 heterocycles. The third kappa shape index (κ3) is 4.92. The smallest absolute Gasteiger partial charge is 0.235 e. The lowest BCUT2D eigenvalue weighted by molar-refractivity contribution is -0.119. The van der Waals surface area contributed by atoms with Crippen molar-refractivity contribution in [1.29, 1.82) is 0 Å². The van der Waals surface area contributed by atoms with Gasteiger partial charge in [-0.1, -0.05) is 19.1 Å². The molecule has 0 saturated carbocycles. The lowest BCUT2D eigenvalue weighted by atomic mass is 10.1. The summed E-state index contributed by atoms with van der Waals surface area (Å²) >= 11 is 0. The van der Waals surface area contributed by atoms with Crippen molar-refractivity contribution in [1.82, 2.24) is 15.1 Å². The van der Waals surface area contributed by atoms with Gasteiger partial charge in [0.25, 0.3) is 0 Å². The zero-order valence-corrected chi connectivity index (χ0v) is 14.1. The van der Waals surface area contributed by atoms with Crippen LogP contribution in [0.5, 0.6) is 0 Å². The van der Waals surface area contributed by atoms with Gasteiger partial charge in [0.05, 0.1) is 17.5 Å². The van der Waals surface area contributed by atoms with Crippen LogP contribution in [0.4, 0.5) is 0 Å². The van der Waals surface area contributed by atoms with Crippen LogP contribution >= 0.6 is 0 Å². The van der Waals surface area contributed by atoms with Crippen molar-refractivity contribution in [3.8, 4) is 5.69 Å². The Hall–Kier alpha value is -2.15. The van der Waals surface area contributed by atoms with E-state index in [2.05, 4.69) is 10.4 Å². The van der Waals surface area contributed by atoms with E-state index < -0.39 is 21.5 Å². The number of hydrogen-bond donors (Lipinski definition) is 1. The minimum atomic E-state index is -3.33. The lowest BCUT2D eigenvalue weighted by Gasteiger charge is -2.15. The highest BCUT2D eigenvalue weighted by Gasteiger charge is 2.18. The average molecular weight is 335 g/mol. The van der Waals surface area contributed by atoms with Gasteiger partial charge in [-0.05, 0) is 37.1 Å². The van der Waals surface area contributed by atoms with Crippen molar-refractivity contribution in [2.45, 2.75) is 26.3 Å². The molecule has 1 N–H and O–H groups in total. The maximum absolute atomic E-state index is 11.9. The molecule has 0 aliphatic heterocycles. The molecule has 2 rings (SSSR count). The van der Waals surface area contributed by atoms with Crippen LogP contribution in [0.25, 0.3) is 5.69 Å². The molecule has 6 nitrogen and oxygen atoms in total. The van der Waals surface area contributed by atoms with Gasteiger partial charge < -0.3 is 5.32 Å². The standard InChI is InChI=1S/C16H21N3O3S/c1-3-10-23(21,22)12-16(20)18-13(2)14-6-4-7-15(11-14)19-9-5-8-17-19/h4-9,11,13H,3,10,12H2,1-2H3,(H,18,20)/t13-/m1/s1. The van der Waals surface area contributed by atoms with Gasteiger partial charge in [-0.25, -0.2) is 13.1 Å². The Morgan fingerprint density at radius 1 is 1.35 bits per heavy atom. The first kappa shape index (κ1) is 17.2. The van der Waals surface area contributed by atoms with E-state index >= 15 is 0 Å². The van der Waals surface area contributed by atoms with E-state index in [1.165, 1.54) is 0 Å². The quantitative estimate of drug-likeness (QED) is 0.837. The zero-order valence-electron chi connectivity index (χ0n) is 13.3. The normalized spacial score (nSPS) is 12.8. The fraction of sp³-hybridized carbons (Fsp3) is 0.375. The number of nitrogens with zero attached hydrogens (tertiary/aromatic N) is 2. The van der Waals surface area contributed by atoms with Crippen LogP contribution in [-0.2, 0) is 14.6 Å². The molecule has 0 unspecified atom stereocenters. The van der Waals surface area contributed by atoms with Crippen molar-refractivity contribution >= 4 is 15.7 Å². The first-order valence-corrected chi connectivity index (χ1v) is 9.33. The molecule has 1 aromatic carbocycles. The van der Waals surface area contributed by atoms with E-state index in [1.807, 2.05) is 43.5 Å². The monoisotopic (exact) mass is 335 g/mol. The molecule has 0 aliphatic rings. The number of carbonyl (C=O) groups is 1. The van der Waals surface area contributed by atoms with Crippen molar-refractivity contribution < 1.29 is 13.2 Å². The van der Waals surface area contributed by atoms with E-state index in [1.54, 1.807) is 17.8 Å². The van der Waals surface area contributed by atoms with Crippen molar-refractivity contribution in [3.05, 3.63) is 48.3 Å². The van der Waals surface area contributed by atoms with E-state index in [0.717, 1.165) is 11.3 Å². The van der Waals surface area contributed by atoms with Gasteiger partial charge in [0.1, 0.15) is 5.75 Å². The minimum Gasteiger partial charge on any atom is -0.349 e. The van der Waals surface area contributed by atoms with Crippen LogP contribution in [-0.4, -0.2) is 35.6 Å². The van der Waals surface area contributed by atoms with E-state index in [9.17, 15) is 13.2 Å². The SMILES string of the molecule is CCCS(=O)(=O)CC(=O)N[C@H](C)c1cccc(-n2cccn2)c1. The second-order valence-electron chi connectivity index (χ2n) is 5.43. The third-order valence-electron chi connectivity index (χ3n) is 3.38. The first-order chi connectivity index (χ1) is 10.9. The number of aromatic nitrogens is 2. The summed E-state index contributed by atoms with van der Waals surface area (Å²) in [6.07, 6.45) is 4.03. The molecule has 124 valence electrons. The Morgan fingerprint density at radius 3 is 2.78 bits per heavy atom. The van der Waals surface area contributed by atoms with Gasteiger partial charge in [0.15, 0.2) is 9.84 Å². The molecule has 0 bridgehead atoms. The third-order valence-corrected chi connectivity index (χ3v) is 5.12. The summed E-state index contributed by atoms with van der Waals surface area (Å²) in [6.45, 7) is 3.60. The molecule has 0 fully saturated rings. The maximum atomic E-state index is 11.9. The molecule has 1 amide bonds. The highest BCUT2D eigenvalue weighted by molar-refractivity contribution is 7.92. The van der Waals surface area contributed by atoms with Crippen LogP contribution in [0.3, 0.4) is 0 Å². The second kappa shape index (κ2) is 7.41. The van der Waals surface area contributed by atoms with Crippen LogP contribution in [0.2, 0.25) is 0 Å². The highest BCUT2D eigenvalue weighted by Crippen LogP contribution is 2.16. The second-order valence-corrected chi connectivity index (χ2v) is 7.61. The summed E-state index contributed by atoms with van der Waals surface area (Å²) in [5.41, 5.74) is 1.77. The van der Waals surface area contributed by atoms with E-state index in [4.69, 9.17) is 0 Å². The number of sulfone groups is 1. The number of nitrogens with one attached hydrogen (secondary N) is 1. The van der Waals surface area contributed by atoms with Crippen molar-refractivity contribution in [2.24, 2.45) is 0 Å². The molecule has 0 spiro atoms. The fourth-order valence-electron chi connectivity index (χ4n) is 2.31. The van der Waals surface area contributed by atoms with Gasteiger partial charge >= 0.3 is 0 Å². The van der Waals surface area contributed by atoms with Gasteiger partial charge in [0.2, 0.25) is 5.91 Å².